The number of aromatic nitrogens is 1. The number of nitrogens with zero attached hydrogens (tertiary/aromatic N) is 2. The summed E-state index contributed by atoms with van der Waals surface area (Å²) in [4.78, 5) is 21.8. The molecule has 4 aromatic carbocycles. The Balaban J connectivity index is 1.06. The van der Waals surface area contributed by atoms with Crippen molar-refractivity contribution in [3.05, 3.63) is 154 Å². The molecule has 252 valence electrons. The molecule has 2 aliphatic carbocycles. The van der Waals surface area contributed by atoms with Crippen LogP contribution in [0, 0.1) is 11.6 Å². The Kier molecular flexibility index (Phi) is 8.24. The second-order valence-corrected chi connectivity index (χ2v) is 14.0. The average molecular weight is 667 g/mol. The highest BCUT2D eigenvalue weighted by Crippen LogP contribution is 2.57. The number of fused-ring (bicyclic) bond motifs is 1. The van der Waals surface area contributed by atoms with Crippen LogP contribution in [-0.4, -0.2) is 36.4 Å². The Hall–Kier alpha value is -5.27. The smallest absolute Gasteiger partial charge is 0.258 e. The topological polar surface area (TPSA) is 51.4 Å². The van der Waals surface area contributed by atoms with Crippen LogP contribution in [0.2, 0.25) is 0 Å². The van der Waals surface area contributed by atoms with E-state index < -0.39 is 0 Å². The predicted molar refractivity (Wildman–Crippen MR) is 198 cm³/mol. The highest BCUT2D eigenvalue weighted by atomic mass is 19.1. The Morgan fingerprint density at radius 2 is 1.68 bits per heavy atom. The van der Waals surface area contributed by atoms with Gasteiger partial charge in [-0.3, -0.25) is 4.79 Å². The van der Waals surface area contributed by atoms with Gasteiger partial charge >= 0.3 is 0 Å². The highest BCUT2D eigenvalue weighted by Gasteiger charge is 2.42. The number of benzene rings is 4. The lowest BCUT2D eigenvalue weighted by atomic mass is 9.91. The van der Waals surface area contributed by atoms with E-state index in [-0.39, 0.29) is 29.4 Å². The third kappa shape index (κ3) is 6.07. The zero-order chi connectivity index (χ0) is 34.5. The first-order valence-corrected chi connectivity index (χ1v) is 17.4. The van der Waals surface area contributed by atoms with Crippen LogP contribution < -0.4 is 10.2 Å². The SMILES string of the molecule is CC1=C(C(=O)Nc2ccc(C3CC3c3cccc4[nH]cc(-c5ccccc5)c34)c(F)c2)C(=C2CC2)N(c2ccc(F)cc2)C=C1CCN(C)C. The zero-order valence-electron chi connectivity index (χ0n) is 28.6. The number of amides is 1. The molecule has 50 heavy (non-hydrogen) atoms. The molecule has 2 atom stereocenters. The van der Waals surface area contributed by atoms with Gasteiger partial charge in [0.05, 0.1) is 11.3 Å². The van der Waals surface area contributed by atoms with Gasteiger partial charge in [0.1, 0.15) is 11.6 Å². The number of hydrogen-bond acceptors (Lipinski definition) is 3. The molecular formula is C43H40F2N4O. The number of carbonyl (C=O) groups excluding carboxylic acids is 1. The third-order valence-corrected chi connectivity index (χ3v) is 10.3. The molecule has 0 spiro atoms. The maximum Gasteiger partial charge on any atom is 0.258 e. The van der Waals surface area contributed by atoms with E-state index in [0.717, 1.165) is 71.4 Å². The van der Waals surface area contributed by atoms with Crippen LogP contribution >= 0.6 is 0 Å². The molecule has 0 radical (unpaired) electrons. The number of hydrogen-bond donors (Lipinski definition) is 2. The number of nitrogens with one attached hydrogen (secondary N) is 2. The average Bonchev–Trinajstić information content (AvgIpc) is 4.05. The Bertz CT molecular complexity index is 2200. The number of H-pyrrole nitrogens is 1. The van der Waals surface area contributed by atoms with Gasteiger partial charge in [0.15, 0.2) is 0 Å². The second-order valence-electron chi connectivity index (χ2n) is 14.0. The molecule has 1 aliphatic heterocycles. The van der Waals surface area contributed by atoms with E-state index in [1.54, 1.807) is 12.1 Å². The van der Waals surface area contributed by atoms with Crippen LogP contribution in [0.1, 0.15) is 55.6 Å². The molecule has 5 nitrogen and oxygen atoms in total. The number of rotatable bonds is 9. The summed E-state index contributed by atoms with van der Waals surface area (Å²) < 4.78 is 29.8. The fraction of sp³-hybridized carbons (Fsp3) is 0.233. The van der Waals surface area contributed by atoms with Crippen molar-refractivity contribution in [2.75, 3.05) is 30.9 Å². The van der Waals surface area contributed by atoms with E-state index in [9.17, 15) is 9.18 Å². The summed E-state index contributed by atoms with van der Waals surface area (Å²) in [6.45, 7) is 2.80. The molecule has 5 aromatic rings. The van der Waals surface area contributed by atoms with E-state index >= 15 is 4.39 Å². The van der Waals surface area contributed by atoms with Gasteiger partial charge in [-0.1, -0.05) is 48.5 Å². The predicted octanol–water partition coefficient (Wildman–Crippen LogP) is 10.0. The number of aromatic amines is 1. The summed E-state index contributed by atoms with van der Waals surface area (Å²) in [6.07, 6.45) is 7.55. The Morgan fingerprint density at radius 3 is 2.40 bits per heavy atom. The molecular weight excluding hydrogens is 626 g/mol. The van der Waals surface area contributed by atoms with Gasteiger partial charge in [-0.15, -0.1) is 0 Å². The Morgan fingerprint density at radius 1 is 0.920 bits per heavy atom. The lowest BCUT2D eigenvalue weighted by molar-refractivity contribution is -0.112. The quantitative estimate of drug-likeness (QED) is 0.165. The Labute approximate surface area is 291 Å². The van der Waals surface area contributed by atoms with Crippen LogP contribution in [0.15, 0.2) is 131 Å². The lowest BCUT2D eigenvalue weighted by Crippen LogP contribution is -2.30. The summed E-state index contributed by atoms with van der Waals surface area (Å²) >= 11 is 0. The maximum atomic E-state index is 15.9. The van der Waals surface area contributed by atoms with E-state index in [4.69, 9.17) is 0 Å². The molecule has 0 saturated heterocycles. The number of allylic oxidation sites excluding steroid dienone is 2. The fourth-order valence-electron chi connectivity index (χ4n) is 7.45. The summed E-state index contributed by atoms with van der Waals surface area (Å²) in [6, 6.07) is 28.2. The van der Waals surface area contributed by atoms with Gasteiger partial charge in [0.2, 0.25) is 0 Å². The fourth-order valence-corrected chi connectivity index (χ4v) is 7.45. The minimum atomic E-state index is -0.311. The van der Waals surface area contributed by atoms with Gasteiger partial charge in [-0.25, -0.2) is 8.78 Å². The number of carbonyl (C=O) groups is 1. The molecule has 8 rings (SSSR count). The van der Waals surface area contributed by atoms with E-state index in [0.29, 0.717) is 16.8 Å². The monoisotopic (exact) mass is 666 g/mol. The maximum absolute atomic E-state index is 15.9. The van der Waals surface area contributed by atoms with Crippen molar-refractivity contribution in [1.29, 1.82) is 0 Å². The summed E-state index contributed by atoms with van der Waals surface area (Å²) in [5.41, 5.74) is 11.0. The molecule has 2 heterocycles. The standard InChI is InChI=1S/C43H40F2N4O/c1-26-29(20-21-48(2)3)25-49(32-17-14-30(44)15-18-32)42(28-12-13-28)40(26)43(50)47-31-16-19-33(38(45)22-31)35-23-36(35)34-10-7-11-39-41(34)37(24-46-39)27-8-5-4-6-9-27/h4-11,14-19,22,24-25,35-36,46H,12-13,20-21,23H2,1-3H3,(H,47,50). The van der Waals surface area contributed by atoms with Crippen LogP contribution in [0.3, 0.4) is 0 Å². The highest BCUT2D eigenvalue weighted by molar-refractivity contribution is 6.09. The zero-order valence-corrected chi connectivity index (χ0v) is 28.6. The number of halogens is 2. The third-order valence-electron chi connectivity index (χ3n) is 10.3. The molecule has 2 fully saturated rings. The van der Waals surface area contributed by atoms with E-state index in [2.05, 4.69) is 57.9 Å². The van der Waals surface area contributed by atoms with Crippen molar-refractivity contribution in [2.45, 2.75) is 44.4 Å². The minimum absolute atomic E-state index is 0.0621. The van der Waals surface area contributed by atoms with Crippen molar-refractivity contribution >= 4 is 28.2 Å². The molecule has 1 aromatic heterocycles. The molecule has 7 heteroatoms. The first-order chi connectivity index (χ1) is 24.3. The first kappa shape index (κ1) is 32.0. The van der Waals surface area contributed by atoms with Crippen LogP contribution in [0.5, 0.6) is 0 Å². The molecule has 1 amide bonds. The first-order valence-electron chi connectivity index (χ1n) is 17.4. The molecule has 3 aliphatic rings. The molecule has 2 N–H and O–H groups in total. The summed E-state index contributed by atoms with van der Waals surface area (Å²) in [5, 5.41) is 4.23. The molecule has 2 unspecified atom stereocenters. The van der Waals surface area contributed by atoms with Gasteiger partial charge in [0, 0.05) is 46.8 Å². The van der Waals surface area contributed by atoms with Gasteiger partial charge in [0.25, 0.3) is 5.91 Å². The van der Waals surface area contributed by atoms with Crippen molar-refractivity contribution in [3.63, 3.8) is 0 Å². The normalized spacial score (nSPS) is 18.6. The van der Waals surface area contributed by atoms with Crippen molar-refractivity contribution in [2.24, 2.45) is 0 Å². The van der Waals surface area contributed by atoms with Crippen molar-refractivity contribution < 1.29 is 13.6 Å². The van der Waals surface area contributed by atoms with Crippen molar-refractivity contribution in [1.82, 2.24) is 9.88 Å². The van der Waals surface area contributed by atoms with Crippen molar-refractivity contribution in [3.8, 4) is 11.1 Å². The second kappa shape index (κ2) is 12.9. The van der Waals surface area contributed by atoms with Gasteiger partial charge in [-0.05, 0) is 134 Å². The van der Waals surface area contributed by atoms with Crippen LogP contribution in [0.25, 0.3) is 22.0 Å². The van der Waals surface area contributed by atoms with Gasteiger partial charge < -0.3 is 20.1 Å². The van der Waals surface area contributed by atoms with Crippen LogP contribution in [-0.2, 0) is 4.79 Å². The summed E-state index contributed by atoms with van der Waals surface area (Å²) in [7, 11) is 4.05. The van der Waals surface area contributed by atoms with Crippen LogP contribution in [0.4, 0.5) is 20.2 Å². The lowest BCUT2D eigenvalue weighted by Gasteiger charge is -2.33. The van der Waals surface area contributed by atoms with E-state index in [1.807, 2.05) is 56.3 Å². The molecule has 0 bridgehead atoms. The largest absolute Gasteiger partial charge is 0.361 e. The minimum Gasteiger partial charge on any atom is -0.361 e. The molecule has 2 saturated carbocycles. The van der Waals surface area contributed by atoms with E-state index in [1.165, 1.54) is 34.7 Å². The van der Waals surface area contributed by atoms with Gasteiger partial charge in [-0.2, -0.15) is 0 Å². The number of anilines is 2. The summed E-state index contributed by atoms with van der Waals surface area (Å²) in [5.74, 6) is -0.626.